The molecule has 22 heavy (non-hydrogen) atoms. The molecule has 0 saturated heterocycles. The molecule has 1 N–H and O–H groups in total. The van der Waals surface area contributed by atoms with Gasteiger partial charge in [0.2, 0.25) is 0 Å². The van der Waals surface area contributed by atoms with Crippen LogP contribution in [0.15, 0.2) is 41.3 Å². The lowest BCUT2D eigenvalue weighted by atomic mass is 10.1. The molecule has 2 heterocycles. The number of aromatic nitrogens is 1. The summed E-state index contributed by atoms with van der Waals surface area (Å²) < 4.78 is 7.16. The standard InChI is InChI=1S/C16H15ClN2O3/c1-2-19-9-12(4-6-15(19)20)18-16(21)14-8-10-7-11(17)3-5-13(10)22-14/h3-7,9,14H,2,8H2,1H3,(H,18,21)/t14-/m1/s1. The van der Waals surface area contributed by atoms with Crippen molar-refractivity contribution in [2.75, 3.05) is 5.32 Å². The summed E-state index contributed by atoms with van der Waals surface area (Å²) in [4.78, 5) is 23.8. The smallest absolute Gasteiger partial charge is 0.265 e. The second-order valence-corrected chi connectivity index (χ2v) is 5.53. The van der Waals surface area contributed by atoms with Gasteiger partial charge in [0.05, 0.1) is 5.69 Å². The number of hydrogen-bond acceptors (Lipinski definition) is 3. The van der Waals surface area contributed by atoms with Gasteiger partial charge in [-0.1, -0.05) is 11.6 Å². The predicted octanol–water partition coefficient (Wildman–Crippen LogP) is 2.46. The van der Waals surface area contributed by atoms with Crippen LogP contribution in [0.4, 0.5) is 5.69 Å². The van der Waals surface area contributed by atoms with E-state index in [1.165, 1.54) is 10.6 Å². The van der Waals surface area contributed by atoms with Crippen molar-refractivity contribution in [3.8, 4) is 5.75 Å². The van der Waals surface area contributed by atoms with Gasteiger partial charge in [-0.05, 0) is 36.8 Å². The van der Waals surface area contributed by atoms with E-state index in [2.05, 4.69) is 5.32 Å². The normalized spacial score (nSPS) is 16.0. The lowest BCUT2D eigenvalue weighted by molar-refractivity contribution is -0.122. The first-order valence-corrected chi connectivity index (χ1v) is 7.41. The van der Waals surface area contributed by atoms with Crippen LogP contribution in [-0.4, -0.2) is 16.6 Å². The molecule has 0 spiro atoms. The molecule has 1 aromatic carbocycles. The number of nitrogens with zero attached hydrogens (tertiary/aromatic N) is 1. The summed E-state index contributed by atoms with van der Waals surface area (Å²) in [6, 6.07) is 8.33. The van der Waals surface area contributed by atoms with Crippen LogP contribution in [0.3, 0.4) is 0 Å². The fourth-order valence-corrected chi connectivity index (χ4v) is 2.63. The SMILES string of the molecule is CCn1cc(NC(=O)[C@H]2Cc3cc(Cl)ccc3O2)ccc1=O. The Morgan fingerprint density at radius 2 is 2.23 bits per heavy atom. The average molecular weight is 319 g/mol. The second kappa shape index (κ2) is 5.85. The molecule has 6 heteroatoms. The molecule has 0 bridgehead atoms. The Labute approximate surface area is 132 Å². The first-order valence-electron chi connectivity index (χ1n) is 7.03. The Balaban J connectivity index is 1.73. The van der Waals surface area contributed by atoms with E-state index in [0.29, 0.717) is 29.4 Å². The Kier molecular flexibility index (Phi) is 3.90. The third-order valence-corrected chi connectivity index (χ3v) is 3.82. The van der Waals surface area contributed by atoms with E-state index in [4.69, 9.17) is 16.3 Å². The number of anilines is 1. The fraction of sp³-hybridized carbons (Fsp3) is 0.250. The summed E-state index contributed by atoms with van der Waals surface area (Å²) in [7, 11) is 0. The van der Waals surface area contributed by atoms with Gasteiger partial charge >= 0.3 is 0 Å². The van der Waals surface area contributed by atoms with Crippen molar-refractivity contribution in [1.29, 1.82) is 0 Å². The molecule has 2 aromatic rings. The van der Waals surface area contributed by atoms with Gasteiger partial charge in [-0.25, -0.2) is 0 Å². The number of benzene rings is 1. The fourth-order valence-electron chi connectivity index (χ4n) is 2.44. The second-order valence-electron chi connectivity index (χ2n) is 5.09. The number of rotatable bonds is 3. The molecule has 0 fully saturated rings. The molecular formula is C16H15ClN2O3. The number of hydrogen-bond donors (Lipinski definition) is 1. The molecule has 1 atom stereocenters. The van der Waals surface area contributed by atoms with Crippen LogP contribution in [0, 0.1) is 0 Å². The zero-order chi connectivity index (χ0) is 15.7. The van der Waals surface area contributed by atoms with Crippen molar-refractivity contribution >= 4 is 23.2 Å². The quantitative estimate of drug-likeness (QED) is 0.945. The number of fused-ring (bicyclic) bond motifs is 1. The Morgan fingerprint density at radius 1 is 1.41 bits per heavy atom. The van der Waals surface area contributed by atoms with Crippen molar-refractivity contribution < 1.29 is 9.53 Å². The Morgan fingerprint density at radius 3 is 3.00 bits per heavy atom. The number of pyridine rings is 1. The van der Waals surface area contributed by atoms with Gasteiger partial charge < -0.3 is 14.6 Å². The Bertz CT molecular complexity index is 785. The number of nitrogens with one attached hydrogen (secondary N) is 1. The molecule has 0 aliphatic carbocycles. The maximum Gasteiger partial charge on any atom is 0.265 e. The van der Waals surface area contributed by atoms with Crippen LogP contribution < -0.4 is 15.6 Å². The summed E-state index contributed by atoms with van der Waals surface area (Å²) in [5, 5.41) is 3.40. The van der Waals surface area contributed by atoms with Crippen LogP contribution >= 0.6 is 11.6 Å². The third kappa shape index (κ3) is 2.85. The van der Waals surface area contributed by atoms with Gasteiger partial charge in [0.1, 0.15) is 5.75 Å². The molecule has 0 saturated carbocycles. The van der Waals surface area contributed by atoms with Crippen LogP contribution in [0.2, 0.25) is 5.02 Å². The summed E-state index contributed by atoms with van der Waals surface area (Å²) in [6.45, 7) is 2.42. The van der Waals surface area contributed by atoms with Crippen molar-refractivity contribution in [3.63, 3.8) is 0 Å². The van der Waals surface area contributed by atoms with Crippen molar-refractivity contribution in [2.45, 2.75) is 26.0 Å². The minimum atomic E-state index is -0.588. The van der Waals surface area contributed by atoms with Crippen molar-refractivity contribution in [1.82, 2.24) is 4.57 Å². The minimum Gasteiger partial charge on any atom is -0.480 e. The van der Waals surface area contributed by atoms with Crippen LogP contribution in [0.5, 0.6) is 5.75 Å². The summed E-state index contributed by atoms with van der Waals surface area (Å²) in [5.41, 5.74) is 1.40. The Hall–Kier alpha value is -2.27. The monoisotopic (exact) mass is 318 g/mol. The van der Waals surface area contributed by atoms with E-state index in [0.717, 1.165) is 5.56 Å². The molecule has 0 unspecified atom stereocenters. The first kappa shape index (κ1) is 14.7. The minimum absolute atomic E-state index is 0.0975. The molecule has 1 aliphatic rings. The van der Waals surface area contributed by atoms with E-state index in [-0.39, 0.29) is 11.5 Å². The van der Waals surface area contributed by atoms with E-state index in [9.17, 15) is 9.59 Å². The summed E-state index contributed by atoms with van der Waals surface area (Å²) in [6.07, 6.45) is 1.52. The number of halogens is 1. The third-order valence-electron chi connectivity index (χ3n) is 3.58. The van der Waals surface area contributed by atoms with E-state index in [1.54, 1.807) is 30.5 Å². The number of carbonyl (C=O) groups excluding carboxylic acids is 1. The number of carbonyl (C=O) groups is 1. The van der Waals surface area contributed by atoms with Crippen LogP contribution in [0.25, 0.3) is 0 Å². The van der Waals surface area contributed by atoms with E-state index >= 15 is 0 Å². The van der Waals surface area contributed by atoms with Gasteiger partial charge in [0.15, 0.2) is 6.10 Å². The lowest BCUT2D eigenvalue weighted by Gasteiger charge is -2.12. The van der Waals surface area contributed by atoms with Gasteiger partial charge in [-0.15, -0.1) is 0 Å². The van der Waals surface area contributed by atoms with Gasteiger partial charge in [-0.3, -0.25) is 9.59 Å². The topological polar surface area (TPSA) is 60.3 Å². The largest absolute Gasteiger partial charge is 0.480 e. The number of ether oxygens (including phenoxy) is 1. The maximum absolute atomic E-state index is 12.3. The number of amides is 1. The lowest BCUT2D eigenvalue weighted by Crippen LogP contribution is -2.32. The zero-order valence-electron chi connectivity index (χ0n) is 12.0. The van der Waals surface area contributed by atoms with Gasteiger partial charge in [0.25, 0.3) is 11.5 Å². The average Bonchev–Trinajstić information content (AvgIpc) is 2.92. The van der Waals surface area contributed by atoms with E-state index in [1.807, 2.05) is 6.92 Å². The molecule has 1 aliphatic heterocycles. The molecular weight excluding hydrogens is 304 g/mol. The zero-order valence-corrected chi connectivity index (χ0v) is 12.8. The molecule has 0 radical (unpaired) electrons. The molecule has 114 valence electrons. The van der Waals surface area contributed by atoms with Gasteiger partial charge in [0, 0.05) is 30.3 Å². The van der Waals surface area contributed by atoms with Crippen LogP contribution in [-0.2, 0) is 17.8 Å². The van der Waals surface area contributed by atoms with Crippen molar-refractivity contribution in [2.24, 2.45) is 0 Å². The first-order chi connectivity index (χ1) is 10.6. The highest BCUT2D eigenvalue weighted by molar-refractivity contribution is 6.30. The highest BCUT2D eigenvalue weighted by Crippen LogP contribution is 2.31. The summed E-state index contributed by atoms with van der Waals surface area (Å²) >= 11 is 5.94. The number of aryl methyl sites for hydroxylation is 1. The molecule has 3 rings (SSSR count). The molecule has 1 aromatic heterocycles. The van der Waals surface area contributed by atoms with E-state index < -0.39 is 6.10 Å². The molecule has 1 amide bonds. The predicted molar refractivity (Wildman–Crippen MR) is 84.6 cm³/mol. The maximum atomic E-state index is 12.3. The van der Waals surface area contributed by atoms with Gasteiger partial charge in [-0.2, -0.15) is 0 Å². The highest BCUT2D eigenvalue weighted by atomic mass is 35.5. The summed E-state index contributed by atoms with van der Waals surface area (Å²) in [5.74, 6) is 0.441. The van der Waals surface area contributed by atoms with Crippen molar-refractivity contribution in [3.05, 3.63) is 57.5 Å². The molecule has 5 nitrogen and oxygen atoms in total. The van der Waals surface area contributed by atoms with Crippen LogP contribution in [0.1, 0.15) is 12.5 Å². The highest BCUT2D eigenvalue weighted by Gasteiger charge is 2.29.